The van der Waals surface area contributed by atoms with Gasteiger partial charge in [-0.15, -0.1) is 0 Å². The topological polar surface area (TPSA) is 75.4 Å². The maximum Gasteiger partial charge on any atom is 0.321 e. The number of carbonyl (C=O) groups is 2. The van der Waals surface area contributed by atoms with E-state index in [4.69, 9.17) is 5.73 Å². The molecule has 0 aromatic rings. The Labute approximate surface area is 108 Å². The van der Waals surface area contributed by atoms with E-state index in [0.29, 0.717) is 25.9 Å². The molecule has 1 heterocycles. The number of amides is 3. The van der Waals surface area contributed by atoms with Gasteiger partial charge >= 0.3 is 6.03 Å². The Morgan fingerprint density at radius 2 is 1.83 bits per heavy atom. The molecule has 0 spiro atoms. The van der Waals surface area contributed by atoms with Gasteiger partial charge in [0.2, 0.25) is 5.91 Å². The van der Waals surface area contributed by atoms with Crippen LogP contribution in [0.5, 0.6) is 0 Å². The molecule has 1 fully saturated rings. The van der Waals surface area contributed by atoms with E-state index < -0.39 is 0 Å². The van der Waals surface area contributed by atoms with Gasteiger partial charge in [-0.3, -0.25) is 4.79 Å². The van der Waals surface area contributed by atoms with Gasteiger partial charge in [-0.2, -0.15) is 0 Å². The van der Waals surface area contributed by atoms with Crippen LogP contribution in [0.3, 0.4) is 0 Å². The van der Waals surface area contributed by atoms with E-state index in [1.54, 1.807) is 11.1 Å². The second kappa shape index (κ2) is 5.89. The molecular weight excluding hydrogens is 230 g/mol. The molecule has 0 radical (unpaired) electrons. The molecular formula is C13H23N3O2. The van der Waals surface area contributed by atoms with E-state index in [2.05, 4.69) is 26.1 Å². The average Bonchev–Trinajstić information content (AvgIpc) is 2.27. The number of allylic oxidation sites excluding steroid dienone is 1. The van der Waals surface area contributed by atoms with E-state index in [1.807, 2.05) is 6.08 Å². The third kappa shape index (κ3) is 4.77. The smallest absolute Gasteiger partial charge is 0.321 e. The molecule has 1 aliphatic rings. The number of hydrogen-bond acceptors (Lipinski definition) is 2. The predicted octanol–water partition coefficient (Wildman–Crippen LogP) is 1.45. The molecule has 5 heteroatoms. The van der Waals surface area contributed by atoms with E-state index >= 15 is 0 Å². The van der Waals surface area contributed by atoms with Crippen molar-refractivity contribution in [1.82, 2.24) is 10.2 Å². The van der Waals surface area contributed by atoms with Crippen molar-refractivity contribution in [2.24, 2.45) is 17.1 Å². The highest BCUT2D eigenvalue weighted by Gasteiger charge is 2.25. The van der Waals surface area contributed by atoms with Gasteiger partial charge < -0.3 is 16.0 Å². The predicted molar refractivity (Wildman–Crippen MR) is 70.6 cm³/mol. The van der Waals surface area contributed by atoms with Crippen molar-refractivity contribution in [3.8, 4) is 0 Å². The summed E-state index contributed by atoms with van der Waals surface area (Å²) >= 11 is 0. The highest BCUT2D eigenvalue weighted by Crippen LogP contribution is 2.17. The minimum atomic E-state index is -0.261. The van der Waals surface area contributed by atoms with E-state index in [0.717, 1.165) is 0 Å². The molecule has 0 bridgehead atoms. The molecule has 18 heavy (non-hydrogen) atoms. The minimum Gasteiger partial charge on any atom is -0.369 e. The zero-order valence-corrected chi connectivity index (χ0v) is 11.4. The third-order valence-corrected chi connectivity index (χ3v) is 2.97. The van der Waals surface area contributed by atoms with Crippen molar-refractivity contribution in [3.05, 3.63) is 12.3 Å². The number of primary amides is 1. The molecule has 5 nitrogen and oxygen atoms in total. The van der Waals surface area contributed by atoms with Crippen LogP contribution in [0.25, 0.3) is 0 Å². The molecule has 1 aliphatic heterocycles. The van der Waals surface area contributed by atoms with Crippen molar-refractivity contribution >= 4 is 11.9 Å². The summed E-state index contributed by atoms with van der Waals surface area (Å²) in [6.07, 6.45) is 4.95. The summed E-state index contributed by atoms with van der Waals surface area (Å²) in [5.74, 6) is -0.346. The molecule has 1 saturated heterocycles. The average molecular weight is 253 g/mol. The maximum absolute atomic E-state index is 11.8. The molecule has 0 aromatic carbocycles. The number of rotatable bonds is 2. The lowest BCUT2D eigenvalue weighted by molar-refractivity contribution is -0.122. The molecule has 3 amide bonds. The molecule has 3 N–H and O–H groups in total. The first-order valence-electron chi connectivity index (χ1n) is 6.32. The largest absolute Gasteiger partial charge is 0.369 e. The molecule has 1 rings (SSSR count). The van der Waals surface area contributed by atoms with Crippen LogP contribution in [0.4, 0.5) is 4.79 Å². The SMILES string of the molecule is CC(C)(C)/C=C/NC(=O)N1CCC(C(N)=O)CC1. The van der Waals surface area contributed by atoms with Crippen LogP contribution in [-0.2, 0) is 4.79 Å². The van der Waals surface area contributed by atoms with Crippen molar-refractivity contribution in [2.75, 3.05) is 13.1 Å². The number of likely N-dealkylation sites (tertiary alicyclic amines) is 1. The number of hydrogen-bond donors (Lipinski definition) is 2. The quantitative estimate of drug-likeness (QED) is 0.781. The fourth-order valence-corrected chi connectivity index (χ4v) is 1.82. The zero-order chi connectivity index (χ0) is 13.8. The van der Waals surface area contributed by atoms with Crippen LogP contribution in [0.15, 0.2) is 12.3 Å². The maximum atomic E-state index is 11.8. The summed E-state index contributed by atoms with van der Waals surface area (Å²) in [4.78, 5) is 24.5. The summed E-state index contributed by atoms with van der Waals surface area (Å²) < 4.78 is 0. The summed E-state index contributed by atoms with van der Waals surface area (Å²) in [6, 6.07) is -0.113. The van der Waals surface area contributed by atoms with Gasteiger partial charge in [0.05, 0.1) is 0 Å². The minimum absolute atomic E-state index is 0.0479. The fourth-order valence-electron chi connectivity index (χ4n) is 1.82. The number of urea groups is 1. The standard InChI is InChI=1S/C13H23N3O2/c1-13(2,3)6-7-15-12(18)16-8-4-10(5-9-16)11(14)17/h6-7,10H,4-5,8-9H2,1-3H3,(H2,14,17)(H,15,18)/b7-6+. The lowest BCUT2D eigenvalue weighted by Gasteiger charge is -2.30. The Bertz CT molecular complexity index is 337. The van der Waals surface area contributed by atoms with Gasteiger partial charge in [-0.25, -0.2) is 4.79 Å². The van der Waals surface area contributed by atoms with Crippen LogP contribution < -0.4 is 11.1 Å². The van der Waals surface area contributed by atoms with Gasteiger partial charge in [0.25, 0.3) is 0 Å². The van der Waals surface area contributed by atoms with Gasteiger partial charge in [0, 0.05) is 25.2 Å². The van der Waals surface area contributed by atoms with E-state index in [1.165, 1.54) is 0 Å². The first-order chi connectivity index (χ1) is 8.29. The number of piperidine rings is 1. The van der Waals surface area contributed by atoms with Crippen LogP contribution in [0.1, 0.15) is 33.6 Å². The molecule has 0 atom stereocenters. The first kappa shape index (κ1) is 14.5. The zero-order valence-electron chi connectivity index (χ0n) is 11.4. The van der Waals surface area contributed by atoms with Gasteiger partial charge in [0.1, 0.15) is 0 Å². The molecule has 0 saturated carbocycles. The molecule has 0 aliphatic carbocycles. The summed E-state index contributed by atoms with van der Waals surface area (Å²) in [5, 5.41) is 2.74. The van der Waals surface area contributed by atoms with Crippen LogP contribution in [0, 0.1) is 11.3 Å². The molecule has 102 valence electrons. The Morgan fingerprint density at radius 1 is 1.28 bits per heavy atom. The van der Waals surface area contributed by atoms with E-state index in [9.17, 15) is 9.59 Å². The number of nitrogens with one attached hydrogen (secondary N) is 1. The lowest BCUT2D eigenvalue weighted by atomic mass is 9.96. The third-order valence-electron chi connectivity index (χ3n) is 2.97. The number of nitrogens with two attached hydrogens (primary N) is 1. The monoisotopic (exact) mass is 253 g/mol. The second-order valence-corrected chi connectivity index (χ2v) is 5.81. The van der Waals surface area contributed by atoms with Crippen molar-refractivity contribution in [3.63, 3.8) is 0 Å². The highest BCUT2D eigenvalue weighted by atomic mass is 16.2. The second-order valence-electron chi connectivity index (χ2n) is 5.81. The Morgan fingerprint density at radius 3 is 2.28 bits per heavy atom. The van der Waals surface area contributed by atoms with Gasteiger partial charge in [0.15, 0.2) is 0 Å². The Hall–Kier alpha value is -1.52. The van der Waals surface area contributed by atoms with Crippen LogP contribution in [0.2, 0.25) is 0 Å². The summed E-state index contributed by atoms with van der Waals surface area (Å²) in [6.45, 7) is 7.36. The Kier molecular flexibility index (Phi) is 4.76. The van der Waals surface area contributed by atoms with Crippen molar-refractivity contribution < 1.29 is 9.59 Å². The number of nitrogens with zero attached hydrogens (tertiary/aromatic N) is 1. The van der Waals surface area contributed by atoms with Crippen LogP contribution in [-0.4, -0.2) is 29.9 Å². The first-order valence-corrected chi connectivity index (χ1v) is 6.32. The normalized spacial score (nSPS) is 18.1. The number of carbonyl (C=O) groups excluding carboxylic acids is 2. The Balaban J connectivity index is 2.37. The molecule has 0 aromatic heterocycles. The lowest BCUT2D eigenvalue weighted by Crippen LogP contribution is -2.45. The van der Waals surface area contributed by atoms with Gasteiger partial charge in [-0.05, 0) is 18.3 Å². The van der Waals surface area contributed by atoms with Crippen LogP contribution >= 0.6 is 0 Å². The fraction of sp³-hybridized carbons (Fsp3) is 0.692. The summed E-state index contributed by atoms with van der Waals surface area (Å²) in [7, 11) is 0. The highest BCUT2D eigenvalue weighted by molar-refractivity contribution is 5.78. The van der Waals surface area contributed by atoms with E-state index in [-0.39, 0.29) is 23.3 Å². The van der Waals surface area contributed by atoms with Crippen molar-refractivity contribution in [2.45, 2.75) is 33.6 Å². The van der Waals surface area contributed by atoms with Crippen molar-refractivity contribution in [1.29, 1.82) is 0 Å². The van der Waals surface area contributed by atoms with Gasteiger partial charge in [-0.1, -0.05) is 26.8 Å². The molecule has 0 unspecified atom stereocenters. The summed E-state index contributed by atoms with van der Waals surface area (Å²) in [5.41, 5.74) is 5.30.